The number of hydrogen-bond donors (Lipinski definition) is 1. The molecular formula is C20H18F2N4O3. The highest BCUT2D eigenvalue weighted by Crippen LogP contribution is 2.26. The average Bonchev–Trinajstić information content (AvgIpc) is 3.22. The fourth-order valence-electron chi connectivity index (χ4n) is 2.58. The molecule has 2 heterocycles. The van der Waals surface area contributed by atoms with Crippen LogP contribution in [-0.2, 0) is 11.3 Å². The van der Waals surface area contributed by atoms with Gasteiger partial charge in [-0.2, -0.15) is 4.39 Å². The van der Waals surface area contributed by atoms with Crippen molar-refractivity contribution in [2.45, 2.75) is 19.9 Å². The number of oxazole rings is 1. The number of aromatic nitrogens is 2. The Morgan fingerprint density at radius 2 is 1.93 bits per heavy atom. The minimum absolute atomic E-state index is 0.0576. The van der Waals surface area contributed by atoms with Crippen molar-refractivity contribution in [3.05, 3.63) is 65.8 Å². The van der Waals surface area contributed by atoms with Gasteiger partial charge in [0.05, 0.1) is 11.9 Å². The van der Waals surface area contributed by atoms with Crippen LogP contribution in [0.1, 0.15) is 29.5 Å². The van der Waals surface area contributed by atoms with Crippen molar-refractivity contribution < 1.29 is 22.8 Å². The molecule has 1 aromatic carbocycles. The Kier molecular flexibility index (Phi) is 5.96. The number of hydrogen-bond acceptors (Lipinski definition) is 5. The Morgan fingerprint density at radius 3 is 2.59 bits per heavy atom. The summed E-state index contributed by atoms with van der Waals surface area (Å²) in [4.78, 5) is 32.7. The van der Waals surface area contributed by atoms with Crippen molar-refractivity contribution >= 4 is 17.5 Å². The second-order valence-electron chi connectivity index (χ2n) is 6.17. The maximum absolute atomic E-state index is 14.4. The van der Waals surface area contributed by atoms with Crippen LogP contribution in [0.15, 0.2) is 47.1 Å². The summed E-state index contributed by atoms with van der Waals surface area (Å²) in [5, 5.41) is 2.60. The first kappa shape index (κ1) is 20.1. The van der Waals surface area contributed by atoms with Gasteiger partial charge in [0.1, 0.15) is 5.82 Å². The molecule has 3 aromatic rings. The Morgan fingerprint density at radius 1 is 1.14 bits per heavy atom. The van der Waals surface area contributed by atoms with Crippen LogP contribution in [0, 0.1) is 11.8 Å². The number of anilines is 1. The smallest absolute Gasteiger partial charge is 0.288 e. The molecule has 1 N–H and O–H groups in total. The lowest BCUT2D eigenvalue weighted by Crippen LogP contribution is -2.25. The summed E-state index contributed by atoms with van der Waals surface area (Å²) < 4.78 is 32.6. The third kappa shape index (κ3) is 4.63. The Labute approximate surface area is 165 Å². The molecule has 3 rings (SSSR count). The minimum atomic E-state index is -0.611. The van der Waals surface area contributed by atoms with Gasteiger partial charge >= 0.3 is 0 Å². The fraction of sp³-hybridized carbons (Fsp3) is 0.200. The highest BCUT2D eigenvalue weighted by atomic mass is 19.1. The van der Waals surface area contributed by atoms with Crippen LogP contribution in [0.3, 0.4) is 0 Å². The predicted octanol–water partition coefficient (Wildman–Crippen LogP) is 3.32. The summed E-state index contributed by atoms with van der Waals surface area (Å²) in [5.74, 6) is -1.96. The quantitative estimate of drug-likeness (QED) is 0.642. The first-order valence-electron chi connectivity index (χ1n) is 8.80. The molecule has 150 valence electrons. The fourth-order valence-corrected chi connectivity index (χ4v) is 2.58. The van der Waals surface area contributed by atoms with E-state index in [0.29, 0.717) is 11.1 Å². The first-order chi connectivity index (χ1) is 13.9. The number of pyridine rings is 1. The summed E-state index contributed by atoms with van der Waals surface area (Å²) in [6, 6.07) is 6.88. The van der Waals surface area contributed by atoms with Crippen LogP contribution in [0.2, 0.25) is 0 Å². The van der Waals surface area contributed by atoms with Gasteiger partial charge in [-0.3, -0.25) is 9.59 Å². The van der Waals surface area contributed by atoms with E-state index in [0.717, 1.165) is 0 Å². The van der Waals surface area contributed by atoms with Gasteiger partial charge in [0.15, 0.2) is 0 Å². The summed E-state index contributed by atoms with van der Waals surface area (Å²) in [7, 11) is 1.49. The number of nitrogens with one attached hydrogen (secondary N) is 1. The van der Waals surface area contributed by atoms with Crippen LogP contribution < -0.4 is 10.2 Å². The third-order valence-electron chi connectivity index (χ3n) is 4.20. The Bertz CT molecular complexity index is 1030. The lowest BCUT2D eigenvalue weighted by atomic mass is 10.2. The van der Waals surface area contributed by atoms with E-state index in [1.54, 1.807) is 13.0 Å². The van der Waals surface area contributed by atoms with Crippen molar-refractivity contribution in [1.29, 1.82) is 0 Å². The molecule has 7 nitrogen and oxygen atoms in total. The molecule has 29 heavy (non-hydrogen) atoms. The number of rotatable bonds is 6. The third-order valence-corrected chi connectivity index (χ3v) is 4.20. The van der Waals surface area contributed by atoms with E-state index in [9.17, 15) is 18.4 Å². The van der Waals surface area contributed by atoms with Gasteiger partial charge in [-0.05, 0) is 29.8 Å². The van der Waals surface area contributed by atoms with Gasteiger partial charge in [-0.15, -0.1) is 0 Å². The molecule has 0 fully saturated rings. The molecule has 0 saturated heterocycles. The van der Waals surface area contributed by atoms with Gasteiger partial charge in [-0.1, -0.05) is 13.0 Å². The van der Waals surface area contributed by atoms with Gasteiger partial charge in [0, 0.05) is 31.8 Å². The maximum Gasteiger partial charge on any atom is 0.288 e. The van der Waals surface area contributed by atoms with E-state index in [2.05, 4.69) is 15.3 Å². The zero-order valence-electron chi connectivity index (χ0n) is 15.8. The molecule has 9 heteroatoms. The maximum atomic E-state index is 14.4. The molecule has 0 atom stereocenters. The Balaban J connectivity index is 1.70. The molecule has 0 aliphatic rings. The summed E-state index contributed by atoms with van der Waals surface area (Å²) >= 11 is 0. The topological polar surface area (TPSA) is 88.3 Å². The van der Waals surface area contributed by atoms with Crippen LogP contribution >= 0.6 is 0 Å². The van der Waals surface area contributed by atoms with Crippen molar-refractivity contribution in [3.63, 3.8) is 0 Å². The normalized spacial score (nSPS) is 10.6. The van der Waals surface area contributed by atoms with Crippen LogP contribution in [0.5, 0.6) is 0 Å². The standard InChI is InChI=1S/C20H18F2N4O3/c1-3-18(27)26(2)15-6-5-13(8-14(15)21)20-25-11-16(29-20)19(28)24-10-12-4-7-17(22)23-9-12/h4-9,11H,3,10H2,1-2H3,(H,24,28). The van der Waals surface area contributed by atoms with E-state index in [1.807, 2.05) is 0 Å². The molecular weight excluding hydrogens is 382 g/mol. The SMILES string of the molecule is CCC(=O)N(C)c1ccc(-c2ncc(C(=O)NCc3ccc(F)nc3)o2)cc1F. The first-order valence-corrected chi connectivity index (χ1v) is 8.80. The number of halogens is 2. The van der Waals surface area contributed by atoms with Crippen molar-refractivity contribution in [3.8, 4) is 11.5 Å². The summed E-state index contributed by atoms with van der Waals surface area (Å²) in [6.45, 7) is 1.82. The summed E-state index contributed by atoms with van der Waals surface area (Å²) in [5.41, 5.74) is 1.08. The minimum Gasteiger partial charge on any atom is -0.431 e. The van der Waals surface area contributed by atoms with E-state index in [1.165, 1.54) is 48.6 Å². The van der Waals surface area contributed by atoms with Gasteiger partial charge in [-0.25, -0.2) is 14.4 Å². The average molecular weight is 400 g/mol. The zero-order valence-corrected chi connectivity index (χ0v) is 15.8. The predicted molar refractivity (Wildman–Crippen MR) is 101 cm³/mol. The number of benzene rings is 1. The van der Waals surface area contributed by atoms with Gasteiger partial charge in [0.25, 0.3) is 5.91 Å². The van der Waals surface area contributed by atoms with Crippen LogP contribution in [0.25, 0.3) is 11.5 Å². The van der Waals surface area contributed by atoms with Gasteiger partial charge in [0.2, 0.25) is 23.5 Å². The van der Waals surface area contributed by atoms with Crippen LogP contribution in [-0.4, -0.2) is 28.8 Å². The molecule has 0 radical (unpaired) electrons. The molecule has 0 bridgehead atoms. The number of nitrogens with zero attached hydrogens (tertiary/aromatic N) is 3. The summed E-state index contributed by atoms with van der Waals surface area (Å²) in [6.07, 6.45) is 2.79. The largest absolute Gasteiger partial charge is 0.431 e. The van der Waals surface area contributed by atoms with E-state index in [4.69, 9.17) is 4.42 Å². The van der Waals surface area contributed by atoms with E-state index in [-0.39, 0.29) is 36.2 Å². The molecule has 0 aliphatic heterocycles. The Hall–Kier alpha value is -3.62. The lowest BCUT2D eigenvalue weighted by molar-refractivity contribution is -0.118. The monoisotopic (exact) mass is 400 g/mol. The molecule has 2 amide bonds. The number of carbonyl (C=O) groups excluding carboxylic acids is 2. The molecule has 2 aromatic heterocycles. The molecule has 0 saturated carbocycles. The van der Waals surface area contributed by atoms with Gasteiger partial charge < -0.3 is 14.6 Å². The molecule has 0 unspecified atom stereocenters. The van der Waals surface area contributed by atoms with Crippen molar-refractivity contribution in [2.24, 2.45) is 0 Å². The second-order valence-corrected chi connectivity index (χ2v) is 6.17. The van der Waals surface area contributed by atoms with E-state index >= 15 is 0 Å². The van der Waals surface area contributed by atoms with Crippen molar-refractivity contribution in [1.82, 2.24) is 15.3 Å². The molecule has 0 spiro atoms. The highest BCUT2D eigenvalue weighted by molar-refractivity contribution is 5.93. The lowest BCUT2D eigenvalue weighted by Gasteiger charge is -2.17. The molecule has 0 aliphatic carbocycles. The second kappa shape index (κ2) is 8.59. The van der Waals surface area contributed by atoms with E-state index < -0.39 is 17.7 Å². The number of amides is 2. The number of carbonyl (C=O) groups is 2. The van der Waals surface area contributed by atoms with Crippen LogP contribution in [0.4, 0.5) is 14.5 Å². The highest BCUT2D eigenvalue weighted by Gasteiger charge is 2.17. The van der Waals surface area contributed by atoms with Crippen molar-refractivity contribution in [2.75, 3.05) is 11.9 Å². The zero-order chi connectivity index (χ0) is 21.0.